The molecule has 5 heterocycles. The van der Waals surface area contributed by atoms with Gasteiger partial charge in [0.2, 0.25) is 12.6 Å². The average molecular weight is 445 g/mol. The van der Waals surface area contributed by atoms with Crippen molar-refractivity contribution in [2.24, 2.45) is 0 Å². The van der Waals surface area contributed by atoms with E-state index in [1.165, 1.54) is 0 Å². The normalized spacial score (nSPS) is 15.2. The van der Waals surface area contributed by atoms with E-state index in [1.807, 2.05) is 30.3 Å². The Balaban J connectivity index is 1.09. The molecule has 4 aromatic rings. The zero-order valence-corrected chi connectivity index (χ0v) is 17.5. The van der Waals surface area contributed by atoms with Crippen LogP contribution in [0.2, 0.25) is 0 Å². The molecule has 1 aromatic carbocycles. The third-order valence-corrected chi connectivity index (χ3v) is 5.70. The summed E-state index contributed by atoms with van der Waals surface area (Å²) in [5, 5.41) is 12.7. The van der Waals surface area contributed by atoms with Gasteiger partial charge in [-0.15, -0.1) is 10.2 Å². The summed E-state index contributed by atoms with van der Waals surface area (Å²) in [6.07, 6.45) is 1.54. The van der Waals surface area contributed by atoms with E-state index in [1.54, 1.807) is 29.4 Å². The van der Waals surface area contributed by atoms with Crippen molar-refractivity contribution < 1.29 is 23.2 Å². The maximum absolute atomic E-state index is 12.8. The number of fused-ring (bicyclic) bond motifs is 1. The highest BCUT2D eigenvalue weighted by atomic mass is 16.7. The van der Waals surface area contributed by atoms with Gasteiger partial charge in [-0.3, -0.25) is 4.79 Å². The summed E-state index contributed by atoms with van der Waals surface area (Å²) >= 11 is 0. The van der Waals surface area contributed by atoms with Gasteiger partial charge >= 0.3 is 0 Å². The Hall–Kier alpha value is -4.34. The number of carbonyl (C=O) groups is 1. The van der Waals surface area contributed by atoms with Crippen LogP contribution in [0, 0.1) is 0 Å². The molecule has 0 aliphatic carbocycles. The minimum absolute atomic E-state index is 0.166. The second-order valence-electron chi connectivity index (χ2n) is 7.68. The molecule has 33 heavy (non-hydrogen) atoms. The Labute approximate surface area is 188 Å². The van der Waals surface area contributed by atoms with E-state index in [9.17, 15) is 4.79 Å². The van der Waals surface area contributed by atoms with Crippen molar-refractivity contribution in [3.05, 3.63) is 60.5 Å². The van der Waals surface area contributed by atoms with Gasteiger partial charge in [0.05, 0.1) is 12.0 Å². The molecule has 1 saturated heterocycles. The summed E-state index contributed by atoms with van der Waals surface area (Å²) in [5.74, 6) is 3.02. The largest absolute Gasteiger partial charge is 0.461 e. The number of carbonyl (C=O) groups excluding carboxylic acids is 1. The molecule has 1 amide bonds. The van der Waals surface area contributed by atoms with Crippen LogP contribution in [0.1, 0.15) is 10.5 Å². The van der Waals surface area contributed by atoms with Gasteiger partial charge in [-0.1, -0.05) is 5.16 Å². The Kier molecular flexibility index (Phi) is 4.68. The first-order valence-electron chi connectivity index (χ1n) is 10.5. The lowest BCUT2D eigenvalue weighted by Gasteiger charge is -2.34. The number of hydrogen-bond acceptors (Lipinski definition) is 9. The molecule has 6 rings (SSSR count). The molecule has 3 aromatic heterocycles. The molecule has 10 nitrogen and oxygen atoms in total. The number of nitrogens with zero attached hydrogens (tertiary/aromatic N) is 5. The first-order chi connectivity index (χ1) is 16.2. The highest BCUT2D eigenvalue weighted by Gasteiger charge is 2.26. The standard InChI is InChI=1S/C23H19N5O5/c29-23(17-13-21(33-26-17)18-2-1-11-30-18)28-9-7-27(8-10-28)22-6-4-16(24-25-22)15-3-5-19-20(12-15)32-14-31-19/h1-6,11-13H,7-10,14H2. The molecule has 0 bridgehead atoms. The molecule has 0 saturated carbocycles. The molecule has 0 atom stereocenters. The van der Waals surface area contributed by atoms with E-state index < -0.39 is 0 Å². The molecule has 0 N–H and O–H groups in total. The van der Waals surface area contributed by atoms with E-state index in [-0.39, 0.29) is 18.4 Å². The molecular weight excluding hydrogens is 426 g/mol. The minimum Gasteiger partial charge on any atom is -0.461 e. The van der Waals surface area contributed by atoms with Gasteiger partial charge in [0.15, 0.2) is 28.8 Å². The van der Waals surface area contributed by atoms with E-state index in [0.717, 1.165) is 22.8 Å². The van der Waals surface area contributed by atoms with Crippen LogP contribution in [0.3, 0.4) is 0 Å². The lowest BCUT2D eigenvalue weighted by atomic mass is 10.1. The highest BCUT2D eigenvalue weighted by Crippen LogP contribution is 2.35. The number of piperazine rings is 1. The van der Waals surface area contributed by atoms with Crippen LogP contribution in [0.5, 0.6) is 11.5 Å². The zero-order valence-electron chi connectivity index (χ0n) is 17.5. The topological polar surface area (TPSA) is 107 Å². The average Bonchev–Trinajstić information content (AvgIpc) is 3.64. The molecule has 2 aliphatic rings. The second-order valence-corrected chi connectivity index (χ2v) is 7.68. The fraction of sp³-hybridized carbons (Fsp3) is 0.217. The van der Waals surface area contributed by atoms with E-state index >= 15 is 0 Å². The van der Waals surface area contributed by atoms with Crippen molar-refractivity contribution in [1.29, 1.82) is 0 Å². The van der Waals surface area contributed by atoms with Gasteiger partial charge in [-0.2, -0.15) is 0 Å². The van der Waals surface area contributed by atoms with E-state index in [2.05, 4.69) is 20.3 Å². The number of hydrogen-bond donors (Lipinski definition) is 0. The Morgan fingerprint density at radius 3 is 2.55 bits per heavy atom. The van der Waals surface area contributed by atoms with Crippen molar-refractivity contribution in [1.82, 2.24) is 20.3 Å². The molecule has 0 unspecified atom stereocenters. The van der Waals surface area contributed by atoms with Gasteiger partial charge in [0.25, 0.3) is 5.91 Å². The monoisotopic (exact) mass is 445 g/mol. The molecule has 0 radical (unpaired) electrons. The number of aromatic nitrogens is 3. The maximum atomic E-state index is 12.8. The molecule has 0 spiro atoms. The minimum atomic E-state index is -0.166. The summed E-state index contributed by atoms with van der Waals surface area (Å²) < 4.78 is 21.3. The lowest BCUT2D eigenvalue weighted by Crippen LogP contribution is -2.49. The molecule has 10 heteroatoms. The summed E-state index contributed by atoms with van der Waals surface area (Å²) in [7, 11) is 0. The summed E-state index contributed by atoms with van der Waals surface area (Å²) in [6.45, 7) is 2.62. The predicted molar refractivity (Wildman–Crippen MR) is 116 cm³/mol. The van der Waals surface area contributed by atoms with Crippen LogP contribution in [0.4, 0.5) is 5.82 Å². The van der Waals surface area contributed by atoms with Gasteiger partial charge in [0, 0.05) is 37.8 Å². The van der Waals surface area contributed by atoms with Crippen LogP contribution in [-0.4, -0.2) is 59.1 Å². The third kappa shape index (κ3) is 3.65. The molecule has 2 aliphatic heterocycles. The lowest BCUT2D eigenvalue weighted by molar-refractivity contribution is 0.0736. The number of rotatable bonds is 4. The van der Waals surface area contributed by atoms with Gasteiger partial charge in [0.1, 0.15) is 0 Å². The molecule has 166 valence electrons. The van der Waals surface area contributed by atoms with Crippen LogP contribution < -0.4 is 14.4 Å². The number of anilines is 1. The van der Waals surface area contributed by atoms with Crippen molar-refractivity contribution in [3.8, 4) is 34.3 Å². The van der Waals surface area contributed by atoms with Crippen molar-refractivity contribution in [3.63, 3.8) is 0 Å². The fourth-order valence-corrected chi connectivity index (χ4v) is 3.92. The second kappa shape index (κ2) is 7.97. The molecule has 1 fully saturated rings. The fourth-order valence-electron chi connectivity index (χ4n) is 3.92. The third-order valence-electron chi connectivity index (χ3n) is 5.70. The van der Waals surface area contributed by atoms with Gasteiger partial charge < -0.3 is 28.2 Å². The first kappa shape index (κ1) is 19.4. The first-order valence-corrected chi connectivity index (χ1v) is 10.5. The van der Waals surface area contributed by atoms with E-state index in [0.29, 0.717) is 43.4 Å². The zero-order chi connectivity index (χ0) is 22.2. The maximum Gasteiger partial charge on any atom is 0.276 e. The highest BCUT2D eigenvalue weighted by molar-refractivity contribution is 5.93. The summed E-state index contributed by atoms with van der Waals surface area (Å²) in [6, 6.07) is 14.7. The van der Waals surface area contributed by atoms with Crippen LogP contribution in [0.15, 0.2) is 63.7 Å². The number of benzene rings is 1. The van der Waals surface area contributed by atoms with Crippen molar-refractivity contribution in [2.75, 3.05) is 37.9 Å². The predicted octanol–water partition coefficient (Wildman–Crippen LogP) is 3.08. The summed E-state index contributed by atoms with van der Waals surface area (Å²) in [5.41, 5.74) is 1.93. The Bertz CT molecular complexity index is 1280. The van der Waals surface area contributed by atoms with E-state index in [4.69, 9.17) is 18.4 Å². The number of ether oxygens (including phenoxy) is 2. The quantitative estimate of drug-likeness (QED) is 0.468. The van der Waals surface area contributed by atoms with Crippen molar-refractivity contribution in [2.45, 2.75) is 0 Å². The van der Waals surface area contributed by atoms with Crippen molar-refractivity contribution >= 4 is 11.7 Å². The van der Waals surface area contributed by atoms with Crippen LogP contribution >= 0.6 is 0 Å². The van der Waals surface area contributed by atoms with Crippen LogP contribution in [0.25, 0.3) is 22.8 Å². The Morgan fingerprint density at radius 1 is 0.879 bits per heavy atom. The number of amides is 1. The van der Waals surface area contributed by atoms with Gasteiger partial charge in [-0.25, -0.2) is 0 Å². The number of furan rings is 1. The molecular formula is C23H19N5O5. The van der Waals surface area contributed by atoms with Gasteiger partial charge in [-0.05, 0) is 42.5 Å². The van der Waals surface area contributed by atoms with Crippen LogP contribution in [-0.2, 0) is 0 Å². The smallest absolute Gasteiger partial charge is 0.276 e. The Morgan fingerprint density at radius 2 is 1.76 bits per heavy atom. The summed E-state index contributed by atoms with van der Waals surface area (Å²) in [4.78, 5) is 16.7. The SMILES string of the molecule is O=C(c1cc(-c2ccco2)on1)N1CCN(c2ccc(-c3ccc4c(c3)OCO4)nn2)CC1.